The molecule has 1 spiro atoms. The van der Waals surface area contributed by atoms with Crippen molar-refractivity contribution in [3.63, 3.8) is 0 Å². The topological polar surface area (TPSA) is 38.8 Å². The highest BCUT2D eigenvalue weighted by Gasteiger charge is 2.42. The van der Waals surface area contributed by atoms with Crippen molar-refractivity contribution in [3.8, 4) is 5.75 Å². The van der Waals surface area contributed by atoms with Gasteiger partial charge in [-0.25, -0.2) is 0 Å². The van der Waals surface area contributed by atoms with Crippen LogP contribution in [0.15, 0.2) is 29.6 Å². The summed E-state index contributed by atoms with van der Waals surface area (Å²) in [6.45, 7) is 4.23. The molecule has 4 rings (SSSR count). The van der Waals surface area contributed by atoms with Gasteiger partial charge in [0.15, 0.2) is 0 Å². The number of hydrogen-bond donors (Lipinski definition) is 0. The second kappa shape index (κ2) is 6.46. The Kier molecular flexibility index (Phi) is 4.29. The van der Waals surface area contributed by atoms with Gasteiger partial charge in [0.2, 0.25) is 0 Å². The van der Waals surface area contributed by atoms with Gasteiger partial charge in [0.1, 0.15) is 11.4 Å². The molecule has 2 aliphatic rings. The van der Waals surface area contributed by atoms with Crippen molar-refractivity contribution in [3.05, 3.63) is 51.2 Å². The number of carbonyl (C=O) groups excluding carboxylic acids is 1. The van der Waals surface area contributed by atoms with Crippen LogP contribution in [-0.2, 0) is 16.8 Å². The molecular formula is C20H23NO3S. The molecule has 5 heteroatoms. The van der Waals surface area contributed by atoms with Crippen molar-refractivity contribution in [2.24, 2.45) is 0 Å². The molecule has 0 saturated carbocycles. The molecule has 0 unspecified atom stereocenters. The molecule has 0 bridgehead atoms. The van der Waals surface area contributed by atoms with E-state index in [4.69, 9.17) is 9.47 Å². The van der Waals surface area contributed by atoms with Gasteiger partial charge in [-0.1, -0.05) is 0 Å². The number of fused-ring (bicyclic) bond motifs is 2. The Labute approximate surface area is 152 Å². The zero-order chi connectivity index (χ0) is 17.4. The van der Waals surface area contributed by atoms with Gasteiger partial charge in [-0.3, -0.25) is 4.79 Å². The van der Waals surface area contributed by atoms with E-state index in [1.54, 1.807) is 18.4 Å². The highest BCUT2D eigenvalue weighted by atomic mass is 32.1. The molecule has 132 valence electrons. The van der Waals surface area contributed by atoms with Crippen LogP contribution in [0.5, 0.6) is 5.75 Å². The Morgan fingerprint density at radius 2 is 2.08 bits per heavy atom. The minimum absolute atomic E-state index is 0.0998. The fourth-order valence-corrected chi connectivity index (χ4v) is 5.16. The van der Waals surface area contributed by atoms with E-state index in [-0.39, 0.29) is 11.5 Å². The summed E-state index contributed by atoms with van der Waals surface area (Å²) in [7, 11) is 1.65. The molecule has 0 N–H and O–H groups in total. The van der Waals surface area contributed by atoms with E-state index in [1.807, 2.05) is 30.0 Å². The summed E-state index contributed by atoms with van der Waals surface area (Å²) < 4.78 is 11.5. The van der Waals surface area contributed by atoms with Gasteiger partial charge in [-0.15, -0.1) is 11.3 Å². The van der Waals surface area contributed by atoms with Gasteiger partial charge >= 0.3 is 0 Å². The number of rotatable bonds is 2. The number of aryl methyl sites for hydroxylation is 1. The molecule has 1 aromatic heterocycles. The zero-order valence-electron chi connectivity index (χ0n) is 14.7. The van der Waals surface area contributed by atoms with Crippen molar-refractivity contribution < 1.29 is 14.3 Å². The van der Waals surface area contributed by atoms with Crippen LogP contribution in [0.2, 0.25) is 0 Å². The van der Waals surface area contributed by atoms with E-state index >= 15 is 0 Å². The second-order valence-electron chi connectivity index (χ2n) is 6.84. The summed E-state index contributed by atoms with van der Waals surface area (Å²) in [4.78, 5) is 16.2. The quantitative estimate of drug-likeness (QED) is 0.821. The molecule has 0 atom stereocenters. The van der Waals surface area contributed by atoms with E-state index in [2.05, 4.69) is 11.4 Å². The van der Waals surface area contributed by atoms with Crippen molar-refractivity contribution in [1.82, 2.24) is 4.90 Å². The normalized spacial score (nSPS) is 18.9. The predicted molar refractivity (Wildman–Crippen MR) is 98.5 cm³/mol. The predicted octanol–water partition coefficient (Wildman–Crippen LogP) is 3.77. The second-order valence-corrected chi connectivity index (χ2v) is 7.76. The monoisotopic (exact) mass is 357 g/mol. The Bertz CT molecular complexity index is 790. The number of piperidine rings is 1. The first kappa shape index (κ1) is 16.6. The van der Waals surface area contributed by atoms with E-state index in [9.17, 15) is 4.79 Å². The first-order valence-corrected chi connectivity index (χ1v) is 9.66. The molecule has 0 radical (unpaired) electrons. The minimum Gasteiger partial charge on any atom is -0.496 e. The zero-order valence-corrected chi connectivity index (χ0v) is 15.5. The number of benzene rings is 1. The fraction of sp³-hybridized carbons (Fsp3) is 0.450. The van der Waals surface area contributed by atoms with Gasteiger partial charge in [-0.2, -0.15) is 0 Å². The van der Waals surface area contributed by atoms with Crippen LogP contribution in [0.1, 0.15) is 39.2 Å². The molecule has 1 fully saturated rings. The van der Waals surface area contributed by atoms with Crippen molar-refractivity contribution in [1.29, 1.82) is 0 Å². The van der Waals surface area contributed by atoms with E-state index in [0.717, 1.165) is 55.8 Å². The molecule has 1 aromatic carbocycles. The highest BCUT2D eigenvalue weighted by molar-refractivity contribution is 7.10. The van der Waals surface area contributed by atoms with E-state index < -0.39 is 0 Å². The molecule has 2 aliphatic heterocycles. The Balaban J connectivity index is 1.49. The maximum absolute atomic E-state index is 12.9. The summed E-state index contributed by atoms with van der Waals surface area (Å²) in [5, 5.41) is 2.17. The summed E-state index contributed by atoms with van der Waals surface area (Å²) in [6, 6.07) is 7.87. The van der Waals surface area contributed by atoms with E-state index in [1.165, 1.54) is 10.4 Å². The maximum Gasteiger partial charge on any atom is 0.253 e. The van der Waals surface area contributed by atoms with Gasteiger partial charge in [-0.05, 0) is 67.0 Å². The lowest BCUT2D eigenvalue weighted by molar-refractivity contribution is -0.0906. The lowest BCUT2D eigenvalue weighted by Crippen LogP contribution is -2.47. The number of thiophene rings is 1. The van der Waals surface area contributed by atoms with E-state index in [0.29, 0.717) is 0 Å². The fourth-order valence-electron chi connectivity index (χ4n) is 3.99. The number of amides is 1. The van der Waals surface area contributed by atoms with Crippen molar-refractivity contribution >= 4 is 17.2 Å². The van der Waals surface area contributed by atoms with Crippen LogP contribution >= 0.6 is 11.3 Å². The third kappa shape index (κ3) is 2.85. The largest absolute Gasteiger partial charge is 0.496 e. The number of carbonyl (C=O) groups is 1. The third-order valence-corrected chi connectivity index (χ3v) is 6.55. The van der Waals surface area contributed by atoms with Crippen molar-refractivity contribution in [2.45, 2.75) is 31.8 Å². The first-order valence-electron chi connectivity index (χ1n) is 8.78. The molecular weight excluding hydrogens is 334 g/mol. The number of likely N-dealkylation sites (tertiary alicyclic amines) is 1. The number of nitrogens with zero attached hydrogens (tertiary/aromatic N) is 1. The lowest BCUT2D eigenvalue weighted by atomic mass is 9.85. The average Bonchev–Trinajstić information content (AvgIpc) is 3.12. The van der Waals surface area contributed by atoms with Gasteiger partial charge in [0.25, 0.3) is 5.91 Å². The number of ether oxygens (including phenoxy) is 2. The SMILES string of the molecule is COc1ccc(C(=O)N2CCC3(CC2)OCCc2ccsc23)cc1C. The van der Waals surface area contributed by atoms with Gasteiger partial charge in [0, 0.05) is 23.5 Å². The molecule has 0 aliphatic carbocycles. The number of hydrogen-bond acceptors (Lipinski definition) is 4. The molecule has 25 heavy (non-hydrogen) atoms. The Morgan fingerprint density at radius 1 is 1.28 bits per heavy atom. The average molecular weight is 357 g/mol. The smallest absolute Gasteiger partial charge is 0.253 e. The molecule has 1 saturated heterocycles. The van der Waals surface area contributed by atoms with Crippen LogP contribution in [0.25, 0.3) is 0 Å². The summed E-state index contributed by atoms with van der Waals surface area (Å²) in [5.41, 5.74) is 2.98. The minimum atomic E-state index is -0.172. The first-order chi connectivity index (χ1) is 12.1. The number of methoxy groups -OCH3 is 1. The Morgan fingerprint density at radius 3 is 2.80 bits per heavy atom. The van der Waals surface area contributed by atoms with Crippen LogP contribution in [0, 0.1) is 6.92 Å². The summed E-state index contributed by atoms with van der Waals surface area (Å²) in [6.07, 6.45) is 2.76. The van der Waals surface area contributed by atoms with Crippen molar-refractivity contribution in [2.75, 3.05) is 26.8 Å². The summed E-state index contributed by atoms with van der Waals surface area (Å²) in [5.74, 6) is 0.915. The molecule has 2 aromatic rings. The van der Waals surface area contributed by atoms with Gasteiger partial charge < -0.3 is 14.4 Å². The Hall–Kier alpha value is -1.85. The van der Waals surface area contributed by atoms with Gasteiger partial charge in [0.05, 0.1) is 13.7 Å². The molecule has 4 nitrogen and oxygen atoms in total. The van der Waals surface area contributed by atoms with Crippen LogP contribution in [0.4, 0.5) is 0 Å². The maximum atomic E-state index is 12.9. The highest BCUT2D eigenvalue weighted by Crippen LogP contribution is 2.44. The van der Waals surface area contributed by atoms with Crippen LogP contribution < -0.4 is 4.74 Å². The van der Waals surface area contributed by atoms with Crippen LogP contribution in [-0.4, -0.2) is 37.6 Å². The summed E-state index contributed by atoms with van der Waals surface area (Å²) >= 11 is 1.80. The molecule has 3 heterocycles. The molecule has 1 amide bonds. The third-order valence-electron chi connectivity index (χ3n) is 5.41. The van der Waals surface area contributed by atoms with Crippen LogP contribution in [0.3, 0.4) is 0 Å². The lowest BCUT2D eigenvalue weighted by Gasteiger charge is -2.43. The standard InChI is InChI=1S/C20H23NO3S/c1-14-13-16(3-4-17(14)23-2)19(22)21-9-7-20(8-10-21)18-15(5-11-24-20)6-12-25-18/h3-4,6,12-13H,5,7-11H2,1-2H3.